The molecular formula is C17H21ClN2O. The Morgan fingerprint density at radius 3 is 2.71 bits per heavy atom. The molecule has 21 heavy (non-hydrogen) atoms. The molecule has 2 aromatic rings. The summed E-state index contributed by atoms with van der Waals surface area (Å²) < 4.78 is 2.08. The van der Waals surface area contributed by atoms with Crippen LogP contribution in [0.15, 0.2) is 36.5 Å². The quantitative estimate of drug-likeness (QED) is 0.913. The van der Waals surface area contributed by atoms with E-state index in [2.05, 4.69) is 9.78 Å². The van der Waals surface area contributed by atoms with Crippen molar-refractivity contribution in [3.63, 3.8) is 0 Å². The van der Waals surface area contributed by atoms with E-state index in [1.54, 1.807) is 6.07 Å². The number of aliphatic hydroxyl groups is 1. The van der Waals surface area contributed by atoms with Crippen LogP contribution in [0.5, 0.6) is 0 Å². The van der Waals surface area contributed by atoms with Gasteiger partial charge in [0.25, 0.3) is 0 Å². The van der Waals surface area contributed by atoms with Crippen LogP contribution in [0.25, 0.3) is 0 Å². The molecule has 0 spiro atoms. The van der Waals surface area contributed by atoms with E-state index in [0.717, 1.165) is 11.3 Å². The van der Waals surface area contributed by atoms with Crippen LogP contribution in [0.4, 0.5) is 0 Å². The van der Waals surface area contributed by atoms with E-state index < -0.39 is 6.10 Å². The van der Waals surface area contributed by atoms with E-state index in [-0.39, 0.29) is 0 Å². The van der Waals surface area contributed by atoms with Crippen molar-refractivity contribution in [1.82, 2.24) is 9.78 Å². The highest BCUT2D eigenvalue weighted by Crippen LogP contribution is 2.28. The van der Waals surface area contributed by atoms with Crippen molar-refractivity contribution in [3.05, 3.63) is 52.8 Å². The predicted octanol–water partition coefficient (Wildman–Crippen LogP) is 4.32. The zero-order valence-corrected chi connectivity index (χ0v) is 12.8. The molecule has 0 bridgehead atoms. The minimum absolute atomic E-state index is 0.503. The van der Waals surface area contributed by atoms with Gasteiger partial charge in [0, 0.05) is 17.6 Å². The van der Waals surface area contributed by atoms with Gasteiger partial charge in [-0.3, -0.25) is 4.68 Å². The van der Waals surface area contributed by atoms with E-state index in [1.165, 1.54) is 32.1 Å². The average molecular weight is 305 g/mol. The van der Waals surface area contributed by atoms with Crippen molar-refractivity contribution < 1.29 is 5.11 Å². The van der Waals surface area contributed by atoms with Gasteiger partial charge in [0.05, 0.1) is 17.8 Å². The van der Waals surface area contributed by atoms with Gasteiger partial charge < -0.3 is 5.11 Å². The fraction of sp³-hybridized carbons (Fsp3) is 0.471. The molecule has 112 valence electrons. The lowest BCUT2D eigenvalue weighted by atomic mass is 9.96. The van der Waals surface area contributed by atoms with Gasteiger partial charge >= 0.3 is 0 Å². The third kappa shape index (κ3) is 3.47. The van der Waals surface area contributed by atoms with Crippen molar-refractivity contribution in [2.45, 2.75) is 50.7 Å². The normalized spacial score (nSPS) is 17.8. The molecule has 0 amide bonds. The van der Waals surface area contributed by atoms with Crippen molar-refractivity contribution in [2.24, 2.45) is 0 Å². The molecular weight excluding hydrogens is 284 g/mol. The molecule has 1 aliphatic carbocycles. The van der Waals surface area contributed by atoms with Gasteiger partial charge in [0.15, 0.2) is 0 Å². The van der Waals surface area contributed by atoms with Crippen LogP contribution in [-0.4, -0.2) is 14.9 Å². The monoisotopic (exact) mass is 304 g/mol. The molecule has 1 atom stereocenters. The number of nitrogens with zero attached hydrogens (tertiary/aromatic N) is 2. The lowest BCUT2D eigenvalue weighted by Crippen LogP contribution is -2.13. The van der Waals surface area contributed by atoms with Gasteiger partial charge in [-0.1, -0.05) is 49.1 Å². The topological polar surface area (TPSA) is 38.0 Å². The van der Waals surface area contributed by atoms with E-state index in [4.69, 9.17) is 11.6 Å². The van der Waals surface area contributed by atoms with Crippen molar-refractivity contribution >= 4 is 11.6 Å². The number of aliphatic hydroxyl groups excluding tert-OH is 1. The second-order valence-electron chi connectivity index (χ2n) is 5.82. The Kier molecular flexibility index (Phi) is 4.61. The second-order valence-corrected chi connectivity index (χ2v) is 6.23. The molecule has 1 N–H and O–H groups in total. The van der Waals surface area contributed by atoms with Crippen molar-refractivity contribution in [1.29, 1.82) is 0 Å². The van der Waals surface area contributed by atoms with Crippen LogP contribution in [-0.2, 0) is 6.42 Å². The molecule has 4 heteroatoms. The standard InChI is InChI=1S/C17H21ClN2O/c18-16-9-5-4-8-15(16)17(21)12-13-10-11-20(19-13)14-6-2-1-3-7-14/h4-5,8-11,14,17,21H,1-3,6-7,12H2. The fourth-order valence-electron chi connectivity index (χ4n) is 3.09. The summed E-state index contributed by atoms with van der Waals surface area (Å²) in [5.74, 6) is 0. The first-order valence-electron chi connectivity index (χ1n) is 7.70. The zero-order valence-electron chi connectivity index (χ0n) is 12.1. The summed E-state index contributed by atoms with van der Waals surface area (Å²) in [6, 6.07) is 9.98. The summed E-state index contributed by atoms with van der Waals surface area (Å²) in [7, 11) is 0. The lowest BCUT2D eigenvalue weighted by molar-refractivity contribution is 0.176. The maximum absolute atomic E-state index is 10.3. The zero-order chi connectivity index (χ0) is 14.7. The molecule has 1 aromatic heterocycles. The third-order valence-corrected chi connectivity index (χ3v) is 4.62. The molecule has 1 aliphatic rings. The number of hydrogen-bond donors (Lipinski definition) is 1. The number of hydrogen-bond acceptors (Lipinski definition) is 2. The lowest BCUT2D eigenvalue weighted by Gasteiger charge is -2.21. The van der Waals surface area contributed by atoms with Gasteiger partial charge in [-0.05, 0) is 30.5 Å². The maximum atomic E-state index is 10.3. The Morgan fingerprint density at radius 2 is 1.95 bits per heavy atom. The molecule has 0 radical (unpaired) electrons. The Morgan fingerprint density at radius 1 is 1.19 bits per heavy atom. The smallest absolute Gasteiger partial charge is 0.0860 e. The summed E-state index contributed by atoms with van der Waals surface area (Å²) in [5, 5.41) is 15.6. The summed E-state index contributed by atoms with van der Waals surface area (Å²) >= 11 is 6.13. The number of benzene rings is 1. The van der Waals surface area contributed by atoms with E-state index >= 15 is 0 Å². The molecule has 3 nitrogen and oxygen atoms in total. The average Bonchev–Trinajstić information content (AvgIpc) is 2.97. The van der Waals surface area contributed by atoms with Crippen LogP contribution in [0.3, 0.4) is 0 Å². The second kappa shape index (κ2) is 6.63. The molecule has 0 saturated heterocycles. The Hall–Kier alpha value is -1.32. The Balaban J connectivity index is 1.68. The van der Waals surface area contributed by atoms with E-state index in [0.29, 0.717) is 17.5 Å². The highest BCUT2D eigenvalue weighted by Gasteiger charge is 2.18. The number of halogens is 1. The van der Waals surface area contributed by atoms with Crippen LogP contribution in [0.2, 0.25) is 5.02 Å². The first-order valence-corrected chi connectivity index (χ1v) is 8.08. The highest BCUT2D eigenvalue weighted by atomic mass is 35.5. The minimum atomic E-state index is -0.603. The third-order valence-electron chi connectivity index (χ3n) is 4.28. The molecule has 0 aliphatic heterocycles. The summed E-state index contributed by atoms with van der Waals surface area (Å²) in [4.78, 5) is 0. The van der Waals surface area contributed by atoms with Gasteiger partial charge in [-0.2, -0.15) is 5.10 Å². The van der Waals surface area contributed by atoms with Gasteiger partial charge in [0.2, 0.25) is 0 Å². The number of aromatic nitrogens is 2. The van der Waals surface area contributed by atoms with Gasteiger partial charge in [0.1, 0.15) is 0 Å². The molecule has 1 heterocycles. The summed E-state index contributed by atoms with van der Waals surface area (Å²) in [6.45, 7) is 0. The fourth-order valence-corrected chi connectivity index (χ4v) is 3.35. The first-order chi connectivity index (χ1) is 10.2. The predicted molar refractivity (Wildman–Crippen MR) is 84.5 cm³/mol. The SMILES string of the molecule is OC(Cc1ccn(C2CCCCC2)n1)c1ccccc1Cl. The van der Waals surface area contributed by atoms with Crippen LogP contribution in [0.1, 0.15) is 55.5 Å². The Labute approximate surface area is 130 Å². The Bertz CT molecular complexity index is 590. The molecule has 1 saturated carbocycles. The largest absolute Gasteiger partial charge is 0.388 e. The molecule has 1 unspecified atom stereocenters. The van der Waals surface area contributed by atoms with Crippen LogP contribution in [0, 0.1) is 0 Å². The van der Waals surface area contributed by atoms with Crippen LogP contribution >= 0.6 is 11.6 Å². The van der Waals surface area contributed by atoms with Gasteiger partial charge in [-0.15, -0.1) is 0 Å². The summed E-state index contributed by atoms with van der Waals surface area (Å²) in [5.41, 5.74) is 1.69. The van der Waals surface area contributed by atoms with Crippen molar-refractivity contribution in [3.8, 4) is 0 Å². The van der Waals surface area contributed by atoms with E-state index in [9.17, 15) is 5.11 Å². The molecule has 1 fully saturated rings. The molecule has 1 aromatic carbocycles. The van der Waals surface area contributed by atoms with Crippen LogP contribution < -0.4 is 0 Å². The number of rotatable bonds is 4. The highest BCUT2D eigenvalue weighted by molar-refractivity contribution is 6.31. The van der Waals surface area contributed by atoms with E-state index in [1.807, 2.05) is 30.5 Å². The summed E-state index contributed by atoms with van der Waals surface area (Å²) in [6.07, 6.45) is 8.31. The first kappa shape index (κ1) is 14.6. The molecule has 3 rings (SSSR count). The van der Waals surface area contributed by atoms with Crippen molar-refractivity contribution in [2.75, 3.05) is 0 Å². The minimum Gasteiger partial charge on any atom is -0.388 e. The van der Waals surface area contributed by atoms with Gasteiger partial charge in [-0.25, -0.2) is 0 Å². The maximum Gasteiger partial charge on any atom is 0.0860 e.